The number of hydrogen-bond acceptors (Lipinski definition) is 3. The van der Waals surface area contributed by atoms with Gasteiger partial charge in [-0.2, -0.15) is 5.10 Å². The van der Waals surface area contributed by atoms with E-state index in [0.29, 0.717) is 11.6 Å². The highest BCUT2D eigenvalue weighted by molar-refractivity contribution is 6.32. The lowest BCUT2D eigenvalue weighted by molar-refractivity contribution is 0.300. The molecule has 0 atom stereocenters. The maximum absolute atomic E-state index is 11.2. The molecule has 1 fully saturated rings. The van der Waals surface area contributed by atoms with Crippen molar-refractivity contribution in [1.29, 1.82) is 0 Å². The van der Waals surface area contributed by atoms with Gasteiger partial charge in [-0.15, -0.1) is 0 Å². The monoisotopic (exact) mass is 255 g/mol. The third kappa shape index (κ3) is 3.22. The first-order valence-electron chi connectivity index (χ1n) is 6.14. The van der Waals surface area contributed by atoms with Crippen LogP contribution in [0, 0.1) is 11.8 Å². The normalized spacial score (nSPS) is 24.6. The lowest BCUT2D eigenvalue weighted by Gasteiger charge is -2.26. The fourth-order valence-corrected chi connectivity index (χ4v) is 2.45. The van der Waals surface area contributed by atoms with Gasteiger partial charge in [-0.25, -0.2) is 5.10 Å². The van der Waals surface area contributed by atoms with E-state index < -0.39 is 0 Å². The Morgan fingerprint density at radius 2 is 2.18 bits per heavy atom. The number of hydrogen-bond donors (Lipinski definition) is 2. The van der Waals surface area contributed by atoms with E-state index in [1.807, 2.05) is 0 Å². The molecule has 0 bridgehead atoms. The molecule has 0 saturated heterocycles. The van der Waals surface area contributed by atoms with Crippen LogP contribution in [-0.2, 0) is 0 Å². The molecular formula is C12H18ClN3O. The van der Waals surface area contributed by atoms with Gasteiger partial charge in [0.1, 0.15) is 5.02 Å². The van der Waals surface area contributed by atoms with Crippen LogP contribution in [0.1, 0.15) is 32.6 Å². The van der Waals surface area contributed by atoms with Crippen molar-refractivity contribution in [2.24, 2.45) is 11.8 Å². The van der Waals surface area contributed by atoms with Gasteiger partial charge in [-0.3, -0.25) is 4.79 Å². The van der Waals surface area contributed by atoms with Crippen molar-refractivity contribution in [2.75, 3.05) is 11.9 Å². The Kier molecular flexibility index (Phi) is 4.05. The topological polar surface area (TPSA) is 57.8 Å². The zero-order chi connectivity index (χ0) is 12.3. The van der Waals surface area contributed by atoms with Crippen molar-refractivity contribution in [1.82, 2.24) is 10.2 Å². The van der Waals surface area contributed by atoms with E-state index in [1.54, 1.807) is 6.20 Å². The minimum atomic E-state index is -0.339. The second-order valence-corrected chi connectivity index (χ2v) is 5.31. The minimum Gasteiger partial charge on any atom is -0.382 e. The Hall–Kier alpha value is -1.03. The van der Waals surface area contributed by atoms with Crippen LogP contribution in [0.15, 0.2) is 11.0 Å². The Morgan fingerprint density at radius 1 is 1.47 bits per heavy atom. The molecule has 5 heteroatoms. The van der Waals surface area contributed by atoms with Gasteiger partial charge in [0.25, 0.3) is 5.56 Å². The predicted molar refractivity (Wildman–Crippen MR) is 69.5 cm³/mol. The number of aromatic amines is 1. The molecule has 0 radical (unpaired) electrons. The van der Waals surface area contributed by atoms with E-state index in [2.05, 4.69) is 22.4 Å². The van der Waals surface area contributed by atoms with Gasteiger partial charge in [0.05, 0.1) is 11.9 Å². The molecule has 4 nitrogen and oxygen atoms in total. The van der Waals surface area contributed by atoms with Gasteiger partial charge < -0.3 is 5.32 Å². The van der Waals surface area contributed by atoms with Gasteiger partial charge in [0, 0.05) is 6.54 Å². The molecular weight excluding hydrogens is 238 g/mol. The maximum Gasteiger partial charge on any atom is 0.285 e. The van der Waals surface area contributed by atoms with Crippen LogP contribution in [0.25, 0.3) is 0 Å². The molecule has 0 spiro atoms. The minimum absolute atomic E-state index is 0.198. The molecule has 2 N–H and O–H groups in total. The quantitative estimate of drug-likeness (QED) is 0.873. The predicted octanol–water partition coefficient (Wildman–Crippen LogP) is 2.66. The molecule has 17 heavy (non-hydrogen) atoms. The number of rotatable bonds is 3. The molecule has 1 saturated carbocycles. The number of nitrogens with zero attached hydrogens (tertiary/aromatic N) is 1. The summed E-state index contributed by atoms with van der Waals surface area (Å²) in [5.74, 6) is 1.54. The first-order chi connectivity index (χ1) is 8.16. The third-order valence-electron chi connectivity index (χ3n) is 3.51. The summed E-state index contributed by atoms with van der Waals surface area (Å²) in [6.45, 7) is 3.18. The van der Waals surface area contributed by atoms with Gasteiger partial charge in [0.15, 0.2) is 0 Å². The molecule has 0 amide bonds. The van der Waals surface area contributed by atoms with Crippen LogP contribution in [0.3, 0.4) is 0 Å². The smallest absolute Gasteiger partial charge is 0.285 e. The van der Waals surface area contributed by atoms with Crippen molar-refractivity contribution in [3.8, 4) is 0 Å². The van der Waals surface area contributed by atoms with Gasteiger partial charge in [-0.05, 0) is 24.7 Å². The van der Waals surface area contributed by atoms with E-state index in [-0.39, 0.29) is 10.6 Å². The van der Waals surface area contributed by atoms with Crippen molar-refractivity contribution in [3.63, 3.8) is 0 Å². The highest BCUT2D eigenvalue weighted by Crippen LogP contribution is 2.28. The van der Waals surface area contributed by atoms with Crippen LogP contribution < -0.4 is 10.9 Å². The zero-order valence-electron chi connectivity index (χ0n) is 10.0. The average molecular weight is 256 g/mol. The van der Waals surface area contributed by atoms with Crippen molar-refractivity contribution < 1.29 is 0 Å². The summed E-state index contributed by atoms with van der Waals surface area (Å²) in [5, 5.41) is 9.46. The molecule has 1 aliphatic carbocycles. The van der Waals surface area contributed by atoms with Crippen LogP contribution in [0.2, 0.25) is 5.02 Å². The van der Waals surface area contributed by atoms with Crippen LogP contribution >= 0.6 is 11.6 Å². The molecule has 1 heterocycles. The SMILES string of the molecule is CC1CCC(CNc2cn[nH]c(=O)c2Cl)CC1. The van der Waals surface area contributed by atoms with E-state index in [4.69, 9.17) is 11.6 Å². The molecule has 0 aromatic carbocycles. The standard InChI is InChI=1S/C12H18ClN3O/c1-8-2-4-9(5-3-8)6-14-10-7-15-16-12(17)11(10)13/h7-9H,2-6H2,1H3,(H2,14,16,17). The second-order valence-electron chi connectivity index (χ2n) is 4.93. The maximum atomic E-state index is 11.2. The molecule has 0 unspecified atom stereocenters. The lowest BCUT2D eigenvalue weighted by atomic mass is 9.83. The fourth-order valence-electron chi connectivity index (χ4n) is 2.29. The number of halogens is 1. The Balaban J connectivity index is 1.90. The highest BCUT2D eigenvalue weighted by Gasteiger charge is 2.18. The Morgan fingerprint density at radius 3 is 2.88 bits per heavy atom. The summed E-state index contributed by atoms with van der Waals surface area (Å²) in [4.78, 5) is 11.2. The second kappa shape index (κ2) is 5.54. The number of anilines is 1. The van der Waals surface area contributed by atoms with Crippen LogP contribution in [0.5, 0.6) is 0 Å². The first kappa shape index (κ1) is 12.4. The van der Waals surface area contributed by atoms with Gasteiger partial charge in [-0.1, -0.05) is 31.4 Å². The van der Waals surface area contributed by atoms with Crippen LogP contribution in [-0.4, -0.2) is 16.7 Å². The summed E-state index contributed by atoms with van der Waals surface area (Å²) in [5.41, 5.74) is 0.294. The van der Waals surface area contributed by atoms with Crippen molar-refractivity contribution >= 4 is 17.3 Å². The van der Waals surface area contributed by atoms with E-state index in [9.17, 15) is 4.79 Å². The van der Waals surface area contributed by atoms with E-state index in [0.717, 1.165) is 12.5 Å². The highest BCUT2D eigenvalue weighted by atomic mass is 35.5. The fraction of sp³-hybridized carbons (Fsp3) is 0.667. The summed E-state index contributed by atoms with van der Waals surface area (Å²) in [6, 6.07) is 0. The molecule has 2 rings (SSSR count). The third-order valence-corrected chi connectivity index (χ3v) is 3.89. The molecule has 1 aromatic heterocycles. The molecule has 1 aromatic rings. The van der Waals surface area contributed by atoms with E-state index >= 15 is 0 Å². The number of nitrogens with one attached hydrogen (secondary N) is 2. The average Bonchev–Trinajstić information content (AvgIpc) is 2.33. The summed E-state index contributed by atoms with van der Waals surface area (Å²) in [6.07, 6.45) is 6.67. The zero-order valence-corrected chi connectivity index (χ0v) is 10.8. The largest absolute Gasteiger partial charge is 0.382 e. The molecule has 1 aliphatic rings. The molecule has 0 aliphatic heterocycles. The summed E-state index contributed by atoms with van der Waals surface area (Å²) >= 11 is 5.89. The Labute approximate surface area is 106 Å². The number of H-pyrrole nitrogens is 1. The Bertz CT molecular complexity index is 424. The van der Waals surface area contributed by atoms with E-state index in [1.165, 1.54) is 25.7 Å². The number of aromatic nitrogens is 2. The van der Waals surface area contributed by atoms with Gasteiger partial charge >= 0.3 is 0 Å². The van der Waals surface area contributed by atoms with Crippen molar-refractivity contribution in [2.45, 2.75) is 32.6 Å². The van der Waals surface area contributed by atoms with Crippen molar-refractivity contribution in [3.05, 3.63) is 21.6 Å². The van der Waals surface area contributed by atoms with Gasteiger partial charge in [0.2, 0.25) is 0 Å². The van der Waals surface area contributed by atoms with Crippen LogP contribution in [0.4, 0.5) is 5.69 Å². The molecule has 94 valence electrons. The summed E-state index contributed by atoms with van der Waals surface area (Å²) < 4.78 is 0. The lowest BCUT2D eigenvalue weighted by Crippen LogP contribution is -2.21. The summed E-state index contributed by atoms with van der Waals surface area (Å²) in [7, 11) is 0. The first-order valence-corrected chi connectivity index (χ1v) is 6.51.